The number of nitrogens with zero attached hydrogens (tertiary/aromatic N) is 3. The van der Waals surface area contributed by atoms with Crippen LogP contribution < -0.4 is 4.90 Å². The Morgan fingerprint density at radius 3 is 2.74 bits per heavy atom. The number of imidazole rings is 1. The van der Waals surface area contributed by atoms with Crippen molar-refractivity contribution in [1.29, 1.82) is 0 Å². The number of aliphatic hydroxyl groups excluding tert-OH is 1. The van der Waals surface area contributed by atoms with Gasteiger partial charge >= 0.3 is 5.97 Å². The summed E-state index contributed by atoms with van der Waals surface area (Å²) in [6.45, 7) is 4.15. The van der Waals surface area contributed by atoms with Gasteiger partial charge in [0.1, 0.15) is 5.65 Å². The van der Waals surface area contributed by atoms with E-state index < -0.39 is 5.97 Å². The number of carbonyl (C=O) groups is 1. The largest absolute Gasteiger partial charge is 0.477 e. The van der Waals surface area contributed by atoms with E-state index in [1.807, 2.05) is 24.9 Å². The van der Waals surface area contributed by atoms with E-state index in [0.717, 1.165) is 11.3 Å². The van der Waals surface area contributed by atoms with Crippen LogP contribution in [0.2, 0.25) is 0 Å². The Bertz CT molecular complexity index is 634. The van der Waals surface area contributed by atoms with Crippen molar-refractivity contribution in [1.82, 2.24) is 9.38 Å². The summed E-state index contributed by atoms with van der Waals surface area (Å²) in [5.41, 5.74) is 3.16. The third-order valence-corrected chi connectivity index (χ3v) is 3.16. The molecule has 0 spiro atoms. The van der Waals surface area contributed by atoms with E-state index >= 15 is 0 Å². The number of fused-ring (bicyclic) bond motifs is 1. The molecule has 2 N–H and O–H groups in total. The molecular formula is C13H17N3O3. The fraction of sp³-hybridized carbons (Fsp3) is 0.385. The molecule has 0 atom stereocenters. The Morgan fingerprint density at radius 1 is 1.47 bits per heavy atom. The van der Waals surface area contributed by atoms with E-state index in [0.29, 0.717) is 17.9 Å². The number of hydrogen-bond donors (Lipinski definition) is 2. The number of likely N-dealkylation sites (N-methyl/N-ethyl adjacent to an activating group) is 1. The van der Waals surface area contributed by atoms with Gasteiger partial charge in [-0.1, -0.05) is 0 Å². The summed E-state index contributed by atoms with van der Waals surface area (Å²) in [5, 5.41) is 18.2. The van der Waals surface area contributed by atoms with Crippen molar-refractivity contribution in [2.75, 3.05) is 25.1 Å². The molecule has 2 aromatic rings. The first kappa shape index (κ1) is 13.4. The van der Waals surface area contributed by atoms with E-state index in [4.69, 9.17) is 5.11 Å². The Morgan fingerprint density at radius 2 is 2.16 bits per heavy atom. The molecule has 19 heavy (non-hydrogen) atoms. The number of aryl methyl sites for hydroxylation is 2. The standard InChI is InChI=1S/C13H17N3O3/c1-8-6-11-14-9(2)12(13(18)19)16(11)7-10(8)15(3)4-5-17/h6-7,17H,4-5H2,1-3H3,(H,18,19). The highest BCUT2D eigenvalue weighted by Crippen LogP contribution is 2.22. The zero-order valence-electron chi connectivity index (χ0n) is 11.2. The molecule has 6 heteroatoms. The van der Waals surface area contributed by atoms with E-state index in [9.17, 15) is 9.90 Å². The van der Waals surface area contributed by atoms with Crippen LogP contribution in [0.4, 0.5) is 5.69 Å². The summed E-state index contributed by atoms with van der Waals surface area (Å²) in [4.78, 5) is 17.4. The van der Waals surface area contributed by atoms with Crippen LogP contribution in [0.5, 0.6) is 0 Å². The first-order chi connectivity index (χ1) is 8.95. The highest BCUT2D eigenvalue weighted by molar-refractivity contribution is 5.88. The minimum atomic E-state index is -0.996. The summed E-state index contributed by atoms with van der Waals surface area (Å²) in [6, 6.07) is 1.85. The lowest BCUT2D eigenvalue weighted by atomic mass is 10.2. The second-order valence-corrected chi connectivity index (χ2v) is 4.57. The third-order valence-electron chi connectivity index (χ3n) is 3.16. The number of aliphatic hydroxyl groups is 1. The summed E-state index contributed by atoms with van der Waals surface area (Å²) in [5.74, 6) is -0.996. The quantitative estimate of drug-likeness (QED) is 0.863. The molecule has 6 nitrogen and oxygen atoms in total. The molecule has 0 radical (unpaired) electrons. The minimum absolute atomic E-state index is 0.0444. The number of carboxylic acid groups (broad SMARTS) is 1. The Kier molecular flexibility index (Phi) is 3.44. The number of carboxylic acids is 1. The van der Waals surface area contributed by atoms with Gasteiger partial charge in [0, 0.05) is 19.8 Å². The molecule has 0 aromatic carbocycles. The van der Waals surface area contributed by atoms with Gasteiger partial charge in [-0.05, 0) is 25.5 Å². The van der Waals surface area contributed by atoms with Crippen LogP contribution >= 0.6 is 0 Å². The lowest BCUT2D eigenvalue weighted by Gasteiger charge is -2.20. The summed E-state index contributed by atoms with van der Waals surface area (Å²) < 4.78 is 1.58. The van der Waals surface area contributed by atoms with Gasteiger partial charge in [0.25, 0.3) is 0 Å². The van der Waals surface area contributed by atoms with Crippen molar-refractivity contribution in [3.05, 3.63) is 29.2 Å². The maximum absolute atomic E-state index is 11.3. The van der Waals surface area contributed by atoms with Crippen LogP contribution in [0, 0.1) is 13.8 Å². The van der Waals surface area contributed by atoms with Crippen LogP contribution in [-0.4, -0.2) is 45.8 Å². The van der Waals surface area contributed by atoms with Crippen molar-refractivity contribution in [2.45, 2.75) is 13.8 Å². The predicted molar refractivity (Wildman–Crippen MR) is 72.0 cm³/mol. The molecule has 2 rings (SSSR count). The average Bonchev–Trinajstić information content (AvgIpc) is 2.63. The molecule has 2 aromatic heterocycles. The summed E-state index contributed by atoms with van der Waals surface area (Å²) in [7, 11) is 1.86. The zero-order chi connectivity index (χ0) is 14.2. The van der Waals surface area contributed by atoms with E-state index in [2.05, 4.69) is 4.98 Å². The van der Waals surface area contributed by atoms with Crippen LogP contribution in [-0.2, 0) is 0 Å². The fourth-order valence-electron chi connectivity index (χ4n) is 2.22. The predicted octanol–water partition coefficient (Wildman–Crippen LogP) is 1.08. The van der Waals surface area contributed by atoms with Gasteiger partial charge in [-0.15, -0.1) is 0 Å². The molecule has 0 bridgehead atoms. The highest BCUT2D eigenvalue weighted by Gasteiger charge is 2.17. The van der Waals surface area contributed by atoms with Crippen molar-refractivity contribution in [3.63, 3.8) is 0 Å². The van der Waals surface area contributed by atoms with Crippen molar-refractivity contribution >= 4 is 17.3 Å². The number of aromatic nitrogens is 2. The second-order valence-electron chi connectivity index (χ2n) is 4.57. The zero-order valence-corrected chi connectivity index (χ0v) is 11.2. The fourth-order valence-corrected chi connectivity index (χ4v) is 2.22. The molecule has 0 saturated carbocycles. The van der Waals surface area contributed by atoms with Crippen LogP contribution in [0.15, 0.2) is 12.3 Å². The van der Waals surface area contributed by atoms with Gasteiger partial charge < -0.3 is 15.1 Å². The Balaban J connectivity index is 2.65. The van der Waals surface area contributed by atoms with Gasteiger partial charge in [-0.3, -0.25) is 4.40 Å². The molecule has 0 fully saturated rings. The maximum atomic E-state index is 11.3. The van der Waals surface area contributed by atoms with Gasteiger partial charge in [0.15, 0.2) is 5.69 Å². The SMILES string of the molecule is Cc1cc2nc(C)c(C(=O)O)n2cc1N(C)CCO. The van der Waals surface area contributed by atoms with E-state index in [1.165, 1.54) is 0 Å². The highest BCUT2D eigenvalue weighted by atomic mass is 16.4. The monoisotopic (exact) mass is 263 g/mol. The number of pyridine rings is 1. The molecule has 0 aliphatic rings. The normalized spacial score (nSPS) is 10.9. The molecule has 102 valence electrons. The molecule has 0 saturated heterocycles. The minimum Gasteiger partial charge on any atom is -0.477 e. The van der Waals surface area contributed by atoms with Gasteiger partial charge in [-0.2, -0.15) is 0 Å². The maximum Gasteiger partial charge on any atom is 0.354 e. The van der Waals surface area contributed by atoms with Gasteiger partial charge in [-0.25, -0.2) is 9.78 Å². The first-order valence-corrected chi connectivity index (χ1v) is 6.00. The first-order valence-electron chi connectivity index (χ1n) is 6.00. The molecular weight excluding hydrogens is 246 g/mol. The van der Waals surface area contributed by atoms with Crippen LogP contribution in [0.1, 0.15) is 21.7 Å². The molecule has 0 amide bonds. The summed E-state index contributed by atoms with van der Waals surface area (Å²) >= 11 is 0. The molecule has 0 aliphatic heterocycles. The van der Waals surface area contributed by atoms with Crippen molar-refractivity contribution in [2.24, 2.45) is 0 Å². The topological polar surface area (TPSA) is 78.1 Å². The molecule has 2 heterocycles. The van der Waals surface area contributed by atoms with Crippen LogP contribution in [0.3, 0.4) is 0 Å². The summed E-state index contributed by atoms with van der Waals surface area (Å²) in [6.07, 6.45) is 1.75. The Labute approximate surface area is 110 Å². The van der Waals surface area contributed by atoms with Gasteiger partial charge in [0.05, 0.1) is 18.0 Å². The van der Waals surface area contributed by atoms with E-state index in [1.54, 1.807) is 17.5 Å². The van der Waals surface area contributed by atoms with Crippen molar-refractivity contribution in [3.8, 4) is 0 Å². The van der Waals surface area contributed by atoms with Gasteiger partial charge in [0.2, 0.25) is 0 Å². The number of rotatable bonds is 4. The average molecular weight is 263 g/mol. The molecule has 0 unspecified atom stereocenters. The Hall–Kier alpha value is -2.08. The smallest absolute Gasteiger partial charge is 0.354 e. The van der Waals surface area contributed by atoms with E-state index in [-0.39, 0.29) is 12.3 Å². The number of hydrogen-bond acceptors (Lipinski definition) is 4. The lowest BCUT2D eigenvalue weighted by molar-refractivity contribution is 0.0688. The third kappa shape index (κ3) is 2.26. The molecule has 0 aliphatic carbocycles. The number of anilines is 1. The van der Waals surface area contributed by atoms with Crippen molar-refractivity contribution < 1.29 is 15.0 Å². The van der Waals surface area contributed by atoms with Crippen LogP contribution in [0.25, 0.3) is 5.65 Å². The second kappa shape index (κ2) is 4.89. The number of aromatic carboxylic acids is 1. The lowest BCUT2D eigenvalue weighted by Crippen LogP contribution is -2.22.